The molecule has 2 aromatic rings. The van der Waals surface area contributed by atoms with Crippen LogP contribution in [0.1, 0.15) is 62.8 Å². The molecule has 6 heteroatoms. The molecule has 4 rings (SSSR count). The van der Waals surface area contributed by atoms with Crippen LogP contribution in [0.3, 0.4) is 0 Å². The van der Waals surface area contributed by atoms with Gasteiger partial charge in [-0.1, -0.05) is 19.1 Å². The zero-order valence-corrected chi connectivity index (χ0v) is 22.6. The van der Waals surface area contributed by atoms with E-state index in [1.54, 1.807) is 28.4 Å². The molecule has 0 N–H and O–H groups in total. The average molecular weight is 493 g/mol. The largest absolute Gasteiger partial charge is 0.496 e. The molecule has 192 valence electrons. The summed E-state index contributed by atoms with van der Waals surface area (Å²) in [7, 11) is 6.61. The number of methoxy groups -OCH3 is 4. The molecule has 6 nitrogen and oxygen atoms in total. The fourth-order valence-electron chi connectivity index (χ4n) is 4.59. The van der Waals surface area contributed by atoms with Gasteiger partial charge in [0.15, 0.2) is 0 Å². The topological polar surface area (TPSA) is 55.4 Å². The molecule has 0 unspecified atom stereocenters. The quantitative estimate of drug-likeness (QED) is 0.419. The molecule has 1 atom stereocenters. The monoisotopic (exact) mass is 492 g/mol. The smallest absolute Gasteiger partial charge is 0.142 e. The van der Waals surface area contributed by atoms with Gasteiger partial charge in [0, 0.05) is 23.6 Å². The Hall–Kier alpha value is -3.54. The van der Waals surface area contributed by atoms with Gasteiger partial charge in [-0.15, -0.1) is 0 Å². The second-order valence-corrected chi connectivity index (χ2v) is 10.1. The van der Waals surface area contributed by atoms with E-state index in [9.17, 15) is 0 Å². The van der Waals surface area contributed by atoms with E-state index >= 15 is 0 Å². The maximum absolute atomic E-state index is 6.45. The van der Waals surface area contributed by atoms with Crippen molar-refractivity contribution in [1.29, 1.82) is 0 Å². The van der Waals surface area contributed by atoms with Crippen molar-refractivity contribution in [1.82, 2.24) is 0 Å². The van der Waals surface area contributed by atoms with E-state index in [2.05, 4.69) is 19.1 Å². The van der Waals surface area contributed by atoms with Crippen molar-refractivity contribution in [3.8, 4) is 34.5 Å². The highest BCUT2D eigenvalue weighted by Crippen LogP contribution is 2.49. The number of ether oxygens (including phenoxy) is 6. The Bertz CT molecular complexity index is 1250. The van der Waals surface area contributed by atoms with E-state index in [-0.39, 0.29) is 5.92 Å². The lowest BCUT2D eigenvalue weighted by molar-refractivity contribution is 0.155. The van der Waals surface area contributed by atoms with Crippen molar-refractivity contribution in [2.24, 2.45) is 0 Å². The van der Waals surface area contributed by atoms with Gasteiger partial charge in [0.25, 0.3) is 0 Å². The number of benzene rings is 2. The fourth-order valence-corrected chi connectivity index (χ4v) is 4.59. The van der Waals surface area contributed by atoms with Crippen molar-refractivity contribution in [3.63, 3.8) is 0 Å². The van der Waals surface area contributed by atoms with Crippen LogP contribution in [-0.4, -0.2) is 39.6 Å². The Labute approximate surface area is 214 Å². The first kappa shape index (κ1) is 25.5. The molecule has 2 aliphatic rings. The van der Waals surface area contributed by atoms with Crippen LogP contribution in [0.15, 0.2) is 30.4 Å². The van der Waals surface area contributed by atoms with Crippen LogP contribution >= 0.6 is 0 Å². The molecule has 36 heavy (non-hydrogen) atoms. The highest BCUT2D eigenvalue weighted by atomic mass is 16.5. The van der Waals surface area contributed by atoms with Gasteiger partial charge >= 0.3 is 0 Å². The second kappa shape index (κ2) is 9.49. The minimum atomic E-state index is -0.456. The molecule has 0 fully saturated rings. The number of allylic oxidation sites excluding steroid dienone is 1. The minimum Gasteiger partial charge on any atom is -0.496 e. The van der Waals surface area contributed by atoms with E-state index in [1.165, 1.54) is 0 Å². The summed E-state index contributed by atoms with van der Waals surface area (Å²) in [4.78, 5) is 0. The Morgan fingerprint density at radius 2 is 1.17 bits per heavy atom. The Balaban J connectivity index is 1.84. The van der Waals surface area contributed by atoms with Gasteiger partial charge < -0.3 is 28.4 Å². The maximum Gasteiger partial charge on any atom is 0.142 e. The highest BCUT2D eigenvalue weighted by molar-refractivity contribution is 5.79. The first-order chi connectivity index (χ1) is 17.0. The summed E-state index contributed by atoms with van der Waals surface area (Å²) in [6.45, 7) is 10.2. The van der Waals surface area contributed by atoms with Crippen LogP contribution in [0.4, 0.5) is 0 Å². The molecule has 0 spiro atoms. The maximum atomic E-state index is 6.45. The highest BCUT2D eigenvalue weighted by Gasteiger charge is 2.31. The third kappa shape index (κ3) is 4.64. The number of fused-ring (bicyclic) bond motifs is 2. The molecule has 0 amide bonds. The molecule has 0 aromatic heterocycles. The van der Waals surface area contributed by atoms with Crippen LogP contribution in [0.5, 0.6) is 34.5 Å². The molecular formula is C30H36O6. The van der Waals surface area contributed by atoms with Crippen molar-refractivity contribution in [2.45, 2.75) is 51.7 Å². The lowest BCUT2D eigenvalue weighted by Gasteiger charge is -2.32. The van der Waals surface area contributed by atoms with E-state index in [0.29, 0.717) is 23.0 Å². The Morgan fingerprint density at radius 1 is 0.694 bits per heavy atom. The average Bonchev–Trinajstić information content (AvgIpc) is 2.84. The van der Waals surface area contributed by atoms with E-state index in [0.717, 1.165) is 33.8 Å². The van der Waals surface area contributed by atoms with Crippen molar-refractivity contribution >= 4 is 18.2 Å². The normalized spacial score (nSPS) is 17.5. The van der Waals surface area contributed by atoms with Crippen LogP contribution < -0.4 is 28.4 Å². The van der Waals surface area contributed by atoms with Crippen molar-refractivity contribution < 1.29 is 28.4 Å². The molecule has 2 aromatic carbocycles. The minimum absolute atomic E-state index is 0.0588. The number of hydrogen-bond donors (Lipinski definition) is 0. The first-order valence-corrected chi connectivity index (χ1v) is 12.1. The molecule has 0 saturated heterocycles. The third-order valence-corrected chi connectivity index (χ3v) is 6.48. The van der Waals surface area contributed by atoms with Crippen LogP contribution in [0, 0.1) is 0 Å². The summed E-state index contributed by atoms with van der Waals surface area (Å²) in [5.74, 6) is 4.22. The van der Waals surface area contributed by atoms with Crippen molar-refractivity contribution in [2.75, 3.05) is 28.4 Å². The summed E-state index contributed by atoms with van der Waals surface area (Å²) < 4.78 is 35.6. The molecule has 0 aliphatic carbocycles. The summed E-state index contributed by atoms with van der Waals surface area (Å²) in [6.07, 6.45) is 12.3. The Kier molecular flexibility index (Phi) is 6.74. The summed E-state index contributed by atoms with van der Waals surface area (Å²) in [5.41, 5.74) is 2.68. The summed E-state index contributed by atoms with van der Waals surface area (Å²) in [5, 5.41) is 0. The number of hydrogen-bond acceptors (Lipinski definition) is 6. The summed E-state index contributed by atoms with van der Waals surface area (Å²) in [6, 6.07) is 3.80. The van der Waals surface area contributed by atoms with E-state index in [1.807, 2.05) is 64.1 Å². The van der Waals surface area contributed by atoms with Gasteiger partial charge in [0.2, 0.25) is 0 Å². The zero-order chi connectivity index (χ0) is 26.3. The van der Waals surface area contributed by atoms with Crippen LogP contribution in [0.25, 0.3) is 18.2 Å². The fraction of sp³-hybridized carbons (Fsp3) is 0.400. The first-order valence-electron chi connectivity index (χ1n) is 12.1. The van der Waals surface area contributed by atoms with Crippen molar-refractivity contribution in [3.05, 3.63) is 52.6 Å². The lowest BCUT2D eigenvalue weighted by Crippen LogP contribution is -2.28. The zero-order valence-electron chi connectivity index (χ0n) is 22.6. The standard InChI is InChI=1S/C30H36O6/c1-18(26-25(34-9)17-24(33-8)21-13-15-30(4,5)36-28(21)26)10-11-19-22(31-6)16-23(32-7)20-12-14-29(2,3)35-27(19)20/h10-18H,1-9H3/b11-10+/t18-/m1/s1. The van der Waals surface area contributed by atoms with Crippen LogP contribution in [0.2, 0.25) is 0 Å². The third-order valence-electron chi connectivity index (χ3n) is 6.48. The lowest BCUT2D eigenvalue weighted by atomic mass is 9.91. The Morgan fingerprint density at radius 3 is 1.69 bits per heavy atom. The van der Waals surface area contributed by atoms with Gasteiger partial charge in [-0.05, 0) is 52.0 Å². The van der Waals surface area contributed by atoms with Gasteiger partial charge in [-0.2, -0.15) is 0 Å². The van der Waals surface area contributed by atoms with Gasteiger partial charge in [0.1, 0.15) is 45.7 Å². The summed E-state index contributed by atoms with van der Waals surface area (Å²) >= 11 is 0. The SMILES string of the molecule is COc1cc(OC)c(/C=C/[C@@H](C)c2c(OC)cc(OC)c3c2OC(C)(C)C=C3)c2c1C=CC(C)(C)O2. The van der Waals surface area contributed by atoms with E-state index < -0.39 is 11.2 Å². The molecule has 0 saturated carbocycles. The van der Waals surface area contributed by atoms with Gasteiger partial charge in [0.05, 0.1) is 45.1 Å². The van der Waals surface area contributed by atoms with Crippen LogP contribution in [-0.2, 0) is 0 Å². The predicted molar refractivity (Wildman–Crippen MR) is 144 cm³/mol. The molecule has 2 heterocycles. The molecular weight excluding hydrogens is 456 g/mol. The predicted octanol–water partition coefficient (Wildman–Crippen LogP) is 6.91. The molecule has 0 bridgehead atoms. The van der Waals surface area contributed by atoms with E-state index in [4.69, 9.17) is 28.4 Å². The molecule has 2 aliphatic heterocycles. The number of rotatable bonds is 7. The van der Waals surface area contributed by atoms with Gasteiger partial charge in [-0.3, -0.25) is 0 Å². The second-order valence-electron chi connectivity index (χ2n) is 10.1. The van der Waals surface area contributed by atoms with Gasteiger partial charge in [-0.25, -0.2) is 0 Å². The molecule has 0 radical (unpaired) electrons.